The Morgan fingerprint density at radius 3 is 3.08 bits per heavy atom. The average molecular weight is 163 g/mol. The molecule has 1 aromatic rings. The van der Waals surface area contributed by atoms with Gasteiger partial charge in [-0.25, -0.2) is 4.39 Å². The molecule has 2 heteroatoms. The summed E-state index contributed by atoms with van der Waals surface area (Å²) in [7, 11) is 0. The summed E-state index contributed by atoms with van der Waals surface area (Å²) < 4.78 is 12.8. The van der Waals surface area contributed by atoms with E-state index in [9.17, 15) is 4.39 Å². The van der Waals surface area contributed by atoms with Gasteiger partial charge in [-0.15, -0.1) is 0 Å². The van der Waals surface area contributed by atoms with Crippen molar-refractivity contribution in [3.63, 3.8) is 0 Å². The molecule has 0 aliphatic carbocycles. The summed E-state index contributed by atoms with van der Waals surface area (Å²) in [6.45, 7) is 4.71. The van der Waals surface area contributed by atoms with Crippen LogP contribution in [0, 0.1) is 5.82 Å². The first-order valence-electron chi connectivity index (χ1n) is 3.99. The lowest BCUT2D eigenvalue weighted by atomic mass is 9.99. The predicted molar refractivity (Wildman–Crippen MR) is 47.1 cm³/mol. The zero-order chi connectivity index (χ0) is 8.55. The SMILES string of the molecule is C=C1NCCc2cc(F)ccc21. The highest BCUT2D eigenvalue weighted by atomic mass is 19.1. The fourth-order valence-electron chi connectivity index (χ4n) is 1.51. The fourth-order valence-corrected chi connectivity index (χ4v) is 1.51. The van der Waals surface area contributed by atoms with Gasteiger partial charge in [0.15, 0.2) is 0 Å². The van der Waals surface area contributed by atoms with Gasteiger partial charge in [0.05, 0.1) is 0 Å². The van der Waals surface area contributed by atoms with Crippen molar-refractivity contribution in [3.05, 3.63) is 41.7 Å². The molecule has 0 bridgehead atoms. The molecule has 1 heterocycles. The third-order valence-corrected chi connectivity index (χ3v) is 2.13. The molecule has 2 rings (SSSR count). The zero-order valence-corrected chi connectivity index (χ0v) is 6.73. The van der Waals surface area contributed by atoms with Crippen LogP contribution in [-0.4, -0.2) is 6.54 Å². The summed E-state index contributed by atoms with van der Waals surface area (Å²) in [5, 5.41) is 3.14. The van der Waals surface area contributed by atoms with Crippen LogP contribution in [0.4, 0.5) is 4.39 Å². The normalized spacial score (nSPS) is 15.2. The molecule has 1 aliphatic rings. The highest BCUT2D eigenvalue weighted by Crippen LogP contribution is 2.20. The molecule has 0 spiro atoms. The molecule has 1 N–H and O–H groups in total. The Balaban J connectivity index is 2.53. The number of rotatable bonds is 0. The van der Waals surface area contributed by atoms with Crippen molar-refractivity contribution in [1.82, 2.24) is 5.32 Å². The van der Waals surface area contributed by atoms with Crippen LogP contribution in [0.15, 0.2) is 24.8 Å². The van der Waals surface area contributed by atoms with Gasteiger partial charge in [-0.2, -0.15) is 0 Å². The van der Waals surface area contributed by atoms with Crippen molar-refractivity contribution in [1.29, 1.82) is 0 Å². The minimum absolute atomic E-state index is 0.163. The molecule has 0 saturated carbocycles. The highest BCUT2D eigenvalue weighted by Gasteiger charge is 2.11. The lowest BCUT2D eigenvalue weighted by Gasteiger charge is -2.19. The minimum atomic E-state index is -0.163. The van der Waals surface area contributed by atoms with Crippen LogP contribution in [0.1, 0.15) is 11.1 Å². The van der Waals surface area contributed by atoms with E-state index in [1.54, 1.807) is 12.1 Å². The van der Waals surface area contributed by atoms with E-state index >= 15 is 0 Å². The zero-order valence-electron chi connectivity index (χ0n) is 6.73. The summed E-state index contributed by atoms with van der Waals surface area (Å²) in [5.41, 5.74) is 3.00. The van der Waals surface area contributed by atoms with Crippen LogP contribution < -0.4 is 5.32 Å². The lowest BCUT2D eigenvalue weighted by molar-refractivity contribution is 0.623. The first-order chi connectivity index (χ1) is 5.77. The van der Waals surface area contributed by atoms with Gasteiger partial charge in [-0.1, -0.05) is 6.58 Å². The molecular formula is C10H10FN. The van der Waals surface area contributed by atoms with Crippen LogP contribution >= 0.6 is 0 Å². The molecule has 0 unspecified atom stereocenters. The van der Waals surface area contributed by atoms with Crippen LogP contribution in [0.25, 0.3) is 5.70 Å². The summed E-state index contributed by atoms with van der Waals surface area (Å²) in [4.78, 5) is 0. The maximum Gasteiger partial charge on any atom is 0.123 e. The van der Waals surface area contributed by atoms with Gasteiger partial charge in [0.25, 0.3) is 0 Å². The third kappa shape index (κ3) is 1.09. The molecule has 1 aromatic carbocycles. The molecule has 1 nitrogen and oxygen atoms in total. The topological polar surface area (TPSA) is 12.0 Å². The quantitative estimate of drug-likeness (QED) is 0.616. The van der Waals surface area contributed by atoms with Crippen LogP contribution in [0.5, 0.6) is 0 Å². The van der Waals surface area contributed by atoms with Gasteiger partial charge in [0, 0.05) is 17.8 Å². The Morgan fingerprint density at radius 1 is 1.42 bits per heavy atom. The maximum absolute atomic E-state index is 12.8. The van der Waals surface area contributed by atoms with E-state index in [2.05, 4.69) is 11.9 Å². The summed E-state index contributed by atoms with van der Waals surface area (Å²) in [5.74, 6) is -0.163. The Hall–Kier alpha value is -1.31. The van der Waals surface area contributed by atoms with Crippen molar-refractivity contribution in [2.45, 2.75) is 6.42 Å². The van der Waals surface area contributed by atoms with E-state index in [0.29, 0.717) is 0 Å². The van der Waals surface area contributed by atoms with E-state index in [1.807, 2.05) is 0 Å². The average Bonchev–Trinajstić information content (AvgIpc) is 2.04. The molecule has 0 fully saturated rings. The van der Waals surface area contributed by atoms with Gasteiger partial charge < -0.3 is 5.32 Å². The van der Waals surface area contributed by atoms with Crippen molar-refractivity contribution >= 4 is 5.70 Å². The Morgan fingerprint density at radius 2 is 2.25 bits per heavy atom. The minimum Gasteiger partial charge on any atom is -0.385 e. The Labute approximate surface area is 70.9 Å². The van der Waals surface area contributed by atoms with Crippen LogP contribution in [0.3, 0.4) is 0 Å². The molecular weight excluding hydrogens is 153 g/mol. The van der Waals surface area contributed by atoms with E-state index in [4.69, 9.17) is 0 Å². The monoisotopic (exact) mass is 163 g/mol. The Kier molecular flexibility index (Phi) is 1.61. The van der Waals surface area contributed by atoms with Crippen molar-refractivity contribution in [2.24, 2.45) is 0 Å². The molecule has 12 heavy (non-hydrogen) atoms. The second kappa shape index (κ2) is 2.63. The maximum atomic E-state index is 12.8. The van der Waals surface area contributed by atoms with E-state index in [-0.39, 0.29) is 5.82 Å². The molecule has 0 radical (unpaired) electrons. The first-order valence-corrected chi connectivity index (χ1v) is 3.99. The van der Waals surface area contributed by atoms with Gasteiger partial charge >= 0.3 is 0 Å². The summed E-state index contributed by atoms with van der Waals surface area (Å²) in [6.07, 6.45) is 0.881. The standard InChI is InChI=1S/C10H10FN/c1-7-10-3-2-9(11)6-8(10)4-5-12-7/h2-3,6,12H,1,4-5H2. The molecule has 0 amide bonds. The van der Waals surface area contributed by atoms with E-state index in [0.717, 1.165) is 29.8 Å². The van der Waals surface area contributed by atoms with Crippen molar-refractivity contribution < 1.29 is 4.39 Å². The second-order valence-corrected chi connectivity index (χ2v) is 2.96. The number of benzene rings is 1. The fraction of sp³-hybridized carbons (Fsp3) is 0.200. The van der Waals surface area contributed by atoms with Gasteiger partial charge in [-0.3, -0.25) is 0 Å². The van der Waals surface area contributed by atoms with Crippen LogP contribution in [-0.2, 0) is 6.42 Å². The smallest absolute Gasteiger partial charge is 0.123 e. The van der Waals surface area contributed by atoms with E-state index in [1.165, 1.54) is 6.07 Å². The van der Waals surface area contributed by atoms with Crippen LogP contribution in [0.2, 0.25) is 0 Å². The van der Waals surface area contributed by atoms with Gasteiger partial charge in [-0.05, 0) is 30.2 Å². The molecule has 0 saturated heterocycles. The molecule has 1 aliphatic heterocycles. The number of hydrogen-bond donors (Lipinski definition) is 1. The molecule has 0 atom stereocenters. The first kappa shape index (κ1) is 7.35. The van der Waals surface area contributed by atoms with Gasteiger partial charge in [0.2, 0.25) is 0 Å². The largest absolute Gasteiger partial charge is 0.385 e. The summed E-state index contributed by atoms with van der Waals surface area (Å²) >= 11 is 0. The number of hydrogen-bond acceptors (Lipinski definition) is 1. The molecule has 62 valence electrons. The van der Waals surface area contributed by atoms with Crippen molar-refractivity contribution in [3.8, 4) is 0 Å². The van der Waals surface area contributed by atoms with Crippen molar-refractivity contribution in [2.75, 3.05) is 6.54 Å². The van der Waals surface area contributed by atoms with Gasteiger partial charge in [0.1, 0.15) is 5.82 Å². The predicted octanol–water partition coefficient (Wildman–Crippen LogP) is 1.94. The summed E-state index contributed by atoms with van der Waals surface area (Å²) in [6, 6.07) is 4.83. The number of fused-ring (bicyclic) bond motifs is 1. The number of halogens is 1. The third-order valence-electron chi connectivity index (χ3n) is 2.13. The Bertz CT molecular complexity index is 331. The van der Waals surface area contributed by atoms with E-state index < -0.39 is 0 Å². The lowest BCUT2D eigenvalue weighted by Crippen LogP contribution is -2.21. The second-order valence-electron chi connectivity index (χ2n) is 2.96. The molecule has 0 aromatic heterocycles. The number of nitrogens with one attached hydrogen (secondary N) is 1. The highest BCUT2D eigenvalue weighted by molar-refractivity contribution is 5.66.